The molecule has 0 N–H and O–H groups in total. The molecule has 0 heterocycles. The molecule has 4 aliphatic rings. The van der Waals surface area contributed by atoms with E-state index in [1.807, 2.05) is 0 Å². The third kappa shape index (κ3) is 3.48. The van der Waals surface area contributed by atoms with Crippen molar-refractivity contribution in [3.63, 3.8) is 0 Å². The van der Waals surface area contributed by atoms with Gasteiger partial charge in [-0.1, -0.05) is 27.7 Å². The van der Waals surface area contributed by atoms with Gasteiger partial charge >= 0.3 is 0 Å². The van der Waals surface area contributed by atoms with Gasteiger partial charge in [-0.3, -0.25) is 0 Å². The Kier molecular flexibility index (Phi) is 5.45. The fraction of sp³-hybridized carbons (Fsp3) is 1.00. The molecule has 1 unspecified atom stereocenters. The second-order valence-corrected chi connectivity index (χ2v) is 18.5. The summed E-state index contributed by atoms with van der Waals surface area (Å²) < 4.78 is 7.04. The van der Waals surface area contributed by atoms with Crippen LogP contribution in [0.1, 0.15) is 92.4 Å². The molecule has 4 saturated carbocycles. The van der Waals surface area contributed by atoms with Gasteiger partial charge < -0.3 is 4.43 Å². The van der Waals surface area contributed by atoms with Crippen molar-refractivity contribution in [2.75, 3.05) is 0 Å². The molecule has 4 fully saturated rings. The van der Waals surface area contributed by atoms with Crippen LogP contribution in [0.25, 0.3) is 0 Å². The van der Waals surface area contributed by atoms with Gasteiger partial charge in [-0.05, 0) is 118 Å². The molecule has 3 heteroatoms. The summed E-state index contributed by atoms with van der Waals surface area (Å²) in [7, 11) is -1.70. The Bertz CT molecular complexity index is 598. The smallest absolute Gasteiger partial charge is 0.192 e. The molecule has 4 rings (SSSR count). The van der Waals surface area contributed by atoms with Crippen LogP contribution in [0.3, 0.4) is 0 Å². The van der Waals surface area contributed by atoms with Crippen LogP contribution in [0, 0.1) is 35.0 Å². The molecule has 28 heavy (non-hydrogen) atoms. The number of hydrogen-bond acceptors (Lipinski definition) is 2. The molecule has 162 valence electrons. The van der Waals surface area contributed by atoms with Crippen LogP contribution in [0.5, 0.6) is 0 Å². The predicted octanol–water partition coefficient (Wildman–Crippen LogP) is 7.72. The molecule has 0 aromatic rings. The second kappa shape index (κ2) is 7.02. The third-order valence-electron chi connectivity index (χ3n) is 10.5. The zero-order chi connectivity index (χ0) is 20.5. The highest BCUT2D eigenvalue weighted by Crippen LogP contribution is 2.64. The van der Waals surface area contributed by atoms with Crippen molar-refractivity contribution in [1.82, 2.24) is 0 Å². The van der Waals surface area contributed by atoms with Crippen LogP contribution in [0.4, 0.5) is 0 Å². The highest BCUT2D eigenvalue weighted by atomic mass is 32.1. The lowest BCUT2D eigenvalue weighted by Gasteiger charge is -2.58. The first-order valence-electron chi connectivity index (χ1n) is 12.2. The van der Waals surface area contributed by atoms with Crippen LogP contribution >= 0.6 is 12.6 Å². The Hall–Kier alpha value is 0.527. The summed E-state index contributed by atoms with van der Waals surface area (Å²) in [6.45, 7) is 17.1. The Morgan fingerprint density at radius 1 is 0.857 bits per heavy atom. The lowest BCUT2D eigenvalue weighted by atomic mass is 9.50. The van der Waals surface area contributed by atoms with Gasteiger partial charge in [0.1, 0.15) is 0 Å². The van der Waals surface area contributed by atoms with Gasteiger partial charge in [-0.2, -0.15) is 12.6 Å². The fourth-order valence-electron chi connectivity index (χ4n) is 7.90. The van der Waals surface area contributed by atoms with Crippen molar-refractivity contribution in [1.29, 1.82) is 0 Å². The van der Waals surface area contributed by atoms with E-state index >= 15 is 0 Å². The predicted molar refractivity (Wildman–Crippen MR) is 127 cm³/mol. The van der Waals surface area contributed by atoms with Gasteiger partial charge in [0.2, 0.25) is 0 Å². The summed E-state index contributed by atoms with van der Waals surface area (Å²) in [6.07, 6.45) is 12.7. The van der Waals surface area contributed by atoms with Crippen molar-refractivity contribution in [3.8, 4) is 0 Å². The minimum atomic E-state index is -1.70. The maximum atomic E-state index is 7.04. The van der Waals surface area contributed by atoms with Crippen molar-refractivity contribution < 1.29 is 4.43 Å². The van der Waals surface area contributed by atoms with Crippen LogP contribution in [0.15, 0.2) is 0 Å². The summed E-state index contributed by atoms with van der Waals surface area (Å²) in [5.74, 6) is 4.88. The van der Waals surface area contributed by atoms with Crippen molar-refractivity contribution in [3.05, 3.63) is 0 Å². The van der Waals surface area contributed by atoms with E-state index in [-0.39, 0.29) is 5.60 Å². The van der Waals surface area contributed by atoms with Gasteiger partial charge in [-0.25, -0.2) is 0 Å². The monoisotopic (exact) mass is 422 g/mol. The van der Waals surface area contributed by atoms with Crippen molar-refractivity contribution in [2.24, 2.45) is 35.0 Å². The van der Waals surface area contributed by atoms with E-state index in [1.165, 1.54) is 57.8 Å². The first-order chi connectivity index (χ1) is 12.9. The molecule has 0 saturated heterocycles. The van der Waals surface area contributed by atoms with Gasteiger partial charge in [0.25, 0.3) is 0 Å². The van der Waals surface area contributed by atoms with E-state index in [0.29, 0.717) is 15.7 Å². The molecular formula is C25H46OSSi. The Labute approximate surface area is 181 Å². The Morgan fingerprint density at radius 2 is 1.54 bits per heavy atom. The molecule has 0 amide bonds. The number of rotatable bonds is 2. The highest BCUT2D eigenvalue weighted by Gasteiger charge is 2.57. The molecule has 1 nitrogen and oxygen atoms in total. The molecular weight excluding hydrogens is 376 g/mol. The lowest BCUT2D eigenvalue weighted by Crippen LogP contribution is -2.54. The standard InChI is InChI=1S/C25H46OSSi/c1-23(2,3)28(6,7)26-24(4)14-12-18-17(16-24)8-9-20-19(18)13-15-25(5)21(20)10-11-22(25)27/h17-22,27H,8-16H2,1-7H3/t17-,18+,19-,20-,21+,22+,24?,25+/m1/s1. The largest absolute Gasteiger partial charge is 0.412 e. The summed E-state index contributed by atoms with van der Waals surface area (Å²) in [4.78, 5) is 0. The summed E-state index contributed by atoms with van der Waals surface area (Å²) in [6, 6.07) is 0. The molecule has 0 radical (unpaired) electrons. The first-order valence-corrected chi connectivity index (χ1v) is 15.7. The van der Waals surface area contributed by atoms with E-state index in [2.05, 4.69) is 47.7 Å². The van der Waals surface area contributed by atoms with Crippen LogP contribution in [0.2, 0.25) is 18.1 Å². The van der Waals surface area contributed by atoms with E-state index in [9.17, 15) is 0 Å². The van der Waals surface area contributed by atoms with Gasteiger partial charge in [0, 0.05) is 5.25 Å². The SMILES string of the molecule is CC1(O[Si](C)(C)C(C)(C)C)CC[C@H]2[C@H](CC[C@@H]3[C@@H]2CC[C@]2(C)[C@@H](S)CC[C@@H]32)C1. The quantitative estimate of drug-likeness (QED) is 0.354. The Morgan fingerprint density at radius 3 is 2.21 bits per heavy atom. The number of thiol groups is 1. The minimum Gasteiger partial charge on any atom is -0.412 e. The van der Waals surface area contributed by atoms with Gasteiger partial charge in [0.15, 0.2) is 8.32 Å². The number of fused-ring (bicyclic) bond motifs is 5. The topological polar surface area (TPSA) is 9.23 Å². The summed E-state index contributed by atoms with van der Waals surface area (Å²) >= 11 is 5.02. The molecule has 0 aliphatic heterocycles. The molecule has 0 aromatic carbocycles. The van der Waals surface area contributed by atoms with E-state index < -0.39 is 8.32 Å². The second-order valence-electron chi connectivity index (χ2n) is 13.1. The summed E-state index contributed by atoms with van der Waals surface area (Å²) in [5.41, 5.74) is 0.662. The maximum Gasteiger partial charge on any atom is 0.192 e. The third-order valence-corrected chi connectivity index (χ3v) is 15.9. The van der Waals surface area contributed by atoms with Gasteiger partial charge in [0.05, 0.1) is 5.60 Å². The number of hydrogen-bond donors (Lipinski definition) is 1. The van der Waals surface area contributed by atoms with Gasteiger partial charge in [-0.15, -0.1) is 0 Å². The van der Waals surface area contributed by atoms with Crippen LogP contribution < -0.4 is 0 Å². The highest BCUT2D eigenvalue weighted by molar-refractivity contribution is 7.81. The Balaban J connectivity index is 1.46. The molecule has 0 aromatic heterocycles. The molecule has 4 aliphatic carbocycles. The van der Waals surface area contributed by atoms with Crippen LogP contribution in [-0.2, 0) is 4.43 Å². The maximum absolute atomic E-state index is 7.04. The molecule has 8 atom stereocenters. The van der Waals surface area contributed by atoms with Crippen LogP contribution in [-0.4, -0.2) is 19.2 Å². The average Bonchev–Trinajstić information content (AvgIpc) is 2.88. The fourth-order valence-corrected chi connectivity index (χ4v) is 10.1. The zero-order valence-electron chi connectivity index (χ0n) is 19.7. The lowest BCUT2D eigenvalue weighted by molar-refractivity contribution is -0.0885. The average molecular weight is 423 g/mol. The normalized spacial score (nSPS) is 49.3. The van der Waals surface area contributed by atoms with Crippen molar-refractivity contribution in [2.45, 2.75) is 121 Å². The zero-order valence-corrected chi connectivity index (χ0v) is 21.6. The van der Waals surface area contributed by atoms with Crippen molar-refractivity contribution >= 4 is 20.9 Å². The molecule has 0 spiro atoms. The van der Waals surface area contributed by atoms with E-state index in [0.717, 1.165) is 29.6 Å². The molecule has 0 bridgehead atoms. The summed E-state index contributed by atoms with van der Waals surface area (Å²) in [5, 5.41) is 0.966. The van der Waals surface area contributed by atoms with E-state index in [1.54, 1.807) is 0 Å². The first kappa shape index (κ1) is 21.7. The minimum absolute atomic E-state index is 0.129. The van der Waals surface area contributed by atoms with E-state index in [4.69, 9.17) is 17.1 Å².